The van der Waals surface area contributed by atoms with E-state index in [1.165, 1.54) is 26.6 Å². The van der Waals surface area contributed by atoms with Crippen LogP contribution in [0.2, 0.25) is 5.02 Å². The summed E-state index contributed by atoms with van der Waals surface area (Å²) in [4.78, 5) is 32.5. The fraction of sp³-hybridized carbons (Fsp3) is 0.484. The van der Waals surface area contributed by atoms with Gasteiger partial charge in [-0.1, -0.05) is 29.8 Å². The van der Waals surface area contributed by atoms with Gasteiger partial charge in [0.1, 0.15) is 10.3 Å². The summed E-state index contributed by atoms with van der Waals surface area (Å²) in [6.07, 6.45) is 3.34. The molecule has 6 rings (SSSR count). The molecule has 3 fully saturated rings. The number of nitrogens with one attached hydrogen (secondary N) is 1. The molecule has 2 amide bonds. The third-order valence-electron chi connectivity index (χ3n) is 9.29. The van der Waals surface area contributed by atoms with Crippen molar-refractivity contribution in [3.05, 3.63) is 58.9 Å². The number of halogens is 1. The first-order valence-corrected chi connectivity index (χ1v) is 19.6. The smallest absolute Gasteiger partial charge is 0.252 e. The zero-order chi connectivity index (χ0) is 32.6. The van der Waals surface area contributed by atoms with Gasteiger partial charge < -0.3 is 9.80 Å². The second kappa shape index (κ2) is 13.5. The molecule has 1 N–H and O–H groups in total. The van der Waals surface area contributed by atoms with Gasteiger partial charge in [-0.15, -0.1) is 11.3 Å². The topological polar surface area (TPSA) is 127 Å². The Hall–Kier alpha value is -2.59. The van der Waals surface area contributed by atoms with Gasteiger partial charge in [-0.05, 0) is 85.1 Å². The third kappa shape index (κ3) is 6.98. The predicted molar refractivity (Wildman–Crippen MR) is 178 cm³/mol. The standard InChI is InChI=1S/C31H38ClN5O6S3/c1-34(46(42,43)30-7-4-16-44-30)25-12-15-35(19-25)20-26-5-2-14-37(26)29(38)21-36-13-3-6-28(31(36)39)33-45(40,41)27-11-9-22-17-24(32)10-8-23(22)18-27/h4,7-11,16-18,25-26,28,33H,2-3,5-6,12-15,19-21H2,1H3. The maximum absolute atomic E-state index is 13.5. The molecule has 0 radical (unpaired) electrons. The highest BCUT2D eigenvalue weighted by Gasteiger charge is 2.39. The van der Waals surface area contributed by atoms with Crippen LogP contribution in [0.25, 0.3) is 10.8 Å². The van der Waals surface area contributed by atoms with E-state index in [9.17, 15) is 26.4 Å². The molecule has 0 bridgehead atoms. The Morgan fingerprint density at radius 3 is 2.54 bits per heavy atom. The van der Waals surface area contributed by atoms with E-state index in [4.69, 9.17) is 11.6 Å². The van der Waals surface area contributed by atoms with Crippen LogP contribution in [0.1, 0.15) is 32.1 Å². The van der Waals surface area contributed by atoms with Crippen LogP contribution >= 0.6 is 22.9 Å². The number of piperidine rings is 1. The quantitative estimate of drug-likeness (QED) is 0.343. The molecule has 3 aliphatic heterocycles. The molecule has 0 aliphatic carbocycles. The first kappa shape index (κ1) is 33.3. The Balaban J connectivity index is 1.04. The molecule has 3 aliphatic rings. The zero-order valence-corrected chi connectivity index (χ0v) is 28.8. The Bertz CT molecular complexity index is 1820. The van der Waals surface area contributed by atoms with Crippen molar-refractivity contribution in [2.24, 2.45) is 0 Å². The van der Waals surface area contributed by atoms with E-state index in [0.29, 0.717) is 48.3 Å². The average molecular weight is 708 g/mol. The van der Waals surface area contributed by atoms with Crippen LogP contribution in [-0.2, 0) is 29.6 Å². The number of hydrogen-bond donors (Lipinski definition) is 1. The maximum atomic E-state index is 13.5. The summed E-state index contributed by atoms with van der Waals surface area (Å²) in [6, 6.07) is 12.2. The number of likely N-dealkylation sites (tertiary alicyclic amines) is 3. The number of carbonyl (C=O) groups is 2. The molecule has 3 saturated heterocycles. The summed E-state index contributed by atoms with van der Waals surface area (Å²) in [5, 5.41) is 3.84. The van der Waals surface area contributed by atoms with Gasteiger partial charge in [0.2, 0.25) is 21.8 Å². The summed E-state index contributed by atoms with van der Waals surface area (Å²) >= 11 is 7.26. The monoisotopic (exact) mass is 707 g/mol. The first-order valence-electron chi connectivity index (χ1n) is 15.5. The number of thiophene rings is 1. The Kier molecular flexibility index (Phi) is 9.77. The van der Waals surface area contributed by atoms with Crippen molar-refractivity contribution in [2.45, 2.75) is 59.3 Å². The molecule has 15 heteroatoms. The number of sulfonamides is 2. The second-order valence-corrected chi connectivity index (χ2v) is 17.6. The minimum absolute atomic E-state index is 0.0255. The lowest BCUT2D eigenvalue weighted by Gasteiger charge is -2.35. The van der Waals surface area contributed by atoms with Crippen molar-refractivity contribution in [1.29, 1.82) is 0 Å². The lowest BCUT2D eigenvalue weighted by atomic mass is 10.1. The molecule has 46 heavy (non-hydrogen) atoms. The van der Waals surface area contributed by atoms with E-state index in [-0.39, 0.29) is 29.4 Å². The number of hydrogen-bond acceptors (Lipinski definition) is 8. The van der Waals surface area contributed by atoms with Crippen LogP contribution in [0, 0.1) is 0 Å². The Morgan fingerprint density at radius 2 is 1.76 bits per heavy atom. The van der Waals surface area contributed by atoms with Gasteiger partial charge in [0, 0.05) is 50.3 Å². The minimum Gasteiger partial charge on any atom is -0.337 e. The number of carbonyl (C=O) groups excluding carboxylic acids is 2. The molecule has 3 aromatic rings. The summed E-state index contributed by atoms with van der Waals surface area (Å²) in [7, 11) is -5.90. The summed E-state index contributed by atoms with van der Waals surface area (Å²) in [5.41, 5.74) is 0. The predicted octanol–water partition coefficient (Wildman–Crippen LogP) is 3.21. The lowest BCUT2D eigenvalue weighted by Crippen LogP contribution is -2.55. The normalized spacial score (nSPS) is 23.2. The minimum atomic E-state index is -3.99. The van der Waals surface area contributed by atoms with Crippen LogP contribution in [0.4, 0.5) is 0 Å². The number of fused-ring (bicyclic) bond motifs is 1. The highest BCUT2D eigenvalue weighted by atomic mass is 35.5. The molecule has 248 valence electrons. The molecular formula is C31H38ClN5O6S3. The van der Waals surface area contributed by atoms with E-state index in [1.807, 2.05) is 4.90 Å². The molecule has 3 atom stereocenters. The van der Waals surface area contributed by atoms with E-state index in [0.717, 1.165) is 36.6 Å². The molecule has 11 nitrogen and oxygen atoms in total. The van der Waals surface area contributed by atoms with Crippen molar-refractivity contribution >= 4 is 65.6 Å². The third-order valence-corrected chi connectivity index (χ3v) is 14.3. The number of nitrogens with zero attached hydrogens (tertiary/aromatic N) is 4. The second-order valence-electron chi connectivity index (χ2n) is 12.3. The molecule has 4 heterocycles. The van der Waals surface area contributed by atoms with Crippen molar-refractivity contribution in [3.8, 4) is 0 Å². The van der Waals surface area contributed by atoms with Gasteiger partial charge >= 0.3 is 0 Å². The lowest BCUT2D eigenvalue weighted by molar-refractivity contribution is -0.143. The van der Waals surface area contributed by atoms with Gasteiger partial charge in [0.15, 0.2) is 0 Å². The zero-order valence-electron chi connectivity index (χ0n) is 25.5. The summed E-state index contributed by atoms with van der Waals surface area (Å²) in [5.74, 6) is -0.551. The molecule has 0 spiro atoms. The Morgan fingerprint density at radius 1 is 1.00 bits per heavy atom. The van der Waals surface area contributed by atoms with Gasteiger partial charge in [0.05, 0.1) is 11.4 Å². The highest BCUT2D eigenvalue weighted by molar-refractivity contribution is 7.91. The van der Waals surface area contributed by atoms with Gasteiger partial charge in [-0.2, -0.15) is 9.03 Å². The van der Waals surface area contributed by atoms with Gasteiger partial charge in [-0.3, -0.25) is 14.5 Å². The van der Waals surface area contributed by atoms with Crippen LogP contribution < -0.4 is 4.72 Å². The van der Waals surface area contributed by atoms with E-state index < -0.39 is 32.0 Å². The van der Waals surface area contributed by atoms with Gasteiger partial charge in [0.25, 0.3) is 10.0 Å². The largest absolute Gasteiger partial charge is 0.337 e. The fourth-order valence-electron chi connectivity index (χ4n) is 6.75. The highest BCUT2D eigenvalue weighted by Crippen LogP contribution is 2.28. The van der Waals surface area contributed by atoms with E-state index in [2.05, 4.69) is 9.62 Å². The maximum Gasteiger partial charge on any atom is 0.252 e. The van der Waals surface area contributed by atoms with Crippen LogP contribution in [0.15, 0.2) is 63.0 Å². The van der Waals surface area contributed by atoms with Crippen molar-refractivity contribution in [2.75, 3.05) is 46.3 Å². The molecule has 3 unspecified atom stereocenters. The van der Waals surface area contributed by atoms with Crippen molar-refractivity contribution < 1.29 is 26.4 Å². The molecule has 2 aromatic carbocycles. The van der Waals surface area contributed by atoms with Crippen LogP contribution in [0.5, 0.6) is 0 Å². The number of amides is 2. The summed E-state index contributed by atoms with van der Waals surface area (Å²) in [6.45, 7) is 2.86. The average Bonchev–Trinajstić information content (AvgIpc) is 3.82. The molecule has 1 aromatic heterocycles. The Labute approximate surface area is 279 Å². The number of likely N-dealkylation sites (N-methyl/N-ethyl adjacent to an activating group) is 1. The number of benzene rings is 2. The van der Waals surface area contributed by atoms with E-state index >= 15 is 0 Å². The van der Waals surface area contributed by atoms with E-state index in [1.54, 1.807) is 54.9 Å². The first-order chi connectivity index (χ1) is 21.9. The van der Waals surface area contributed by atoms with Crippen molar-refractivity contribution in [1.82, 2.24) is 23.7 Å². The van der Waals surface area contributed by atoms with Gasteiger partial charge in [-0.25, -0.2) is 16.8 Å². The van der Waals surface area contributed by atoms with Crippen LogP contribution in [-0.4, -0.2) is 112 Å². The fourth-order valence-corrected chi connectivity index (χ4v) is 10.7. The van der Waals surface area contributed by atoms with Crippen molar-refractivity contribution in [3.63, 3.8) is 0 Å². The van der Waals surface area contributed by atoms with Crippen LogP contribution in [0.3, 0.4) is 0 Å². The number of rotatable bonds is 10. The molecule has 0 saturated carbocycles. The summed E-state index contributed by atoms with van der Waals surface area (Å²) < 4.78 is 56.9. The SMILES string of the molecule is CN(C1CCN(CC2CCCN2C(=O)CN2CCCC(NS(=O)(=O)c3ccc4cc(Cl)ccc4c3)C2=O)C1)S(=O)(=O)c1cccs1. The molecular weight excluding hydrogens is 670 g/mol.